The van der Waals surface area contributed by atoms with Gasteiger partial charge >= 0.3 is 0 Å². The van der Waals surface area contributed by atoms with Crippen molar-refractivity contribution in [2.45, 2.75) is 44.3 Å². The standard InChI is InChI=1S/C12H19N3O/c1-2-11(1)15-9-13-7-12(15)8-14-10-3-5-16-6-4-10/h7,9-11,14H,1-6,8H2. The highest BCUT2D eigenvalue weighted by molar-refractivity contribution is 5.03. The first-order valence-electron chi connectivity index (χ1n) is 6.25. The Morgan fingerprint density at radius 1 is 1.31 bits per heavy atom. The van der Waals surface area contributed by atoms with Gasteiger partial charge in [0.05, 0.1) is 12.0 Å². The van der Waals surface area contributed by atoms with Crippen molar-refractivity contribution in [3.05, 3.63) is 18.2 Å². The molecule has 0 bridgehead atoms. The number of rotatable bonds is 4. The maximum Gasteiger partial charge on any atom is 0.0951 e. The molecule has 1 aromatic rings. The van der Waals surface area contributed by atoms with Gasteiger partial charge in [0, 0.05) is 38.0 Å². The van der Waals surface area contributed by atoms with Crippen molar-refractivity contribution in [2.24, 2.45) is 0 Å². The highest BCUT2D eigenvalue weighted by Crippen LogP contribution is 2.35. The van der Waals surface area contributed by atoms with Crippen LogP contribution in [0, 0.1) is 0 Å². The minimum Gasteiger partial charge on any atom is -0.381 e. The van der Waals surface area contributed by atoms with Crippen LogP contribution >= 0.6 is 0 Å². The van der Waals surface area contributed by atoms with E-state index in [4.69, 9.17) is 4.74 Å². The molecule has 4 heteroatoms. The van der Waals surface area contributed by atoms with Crippen LogP contribution in [0.2, 0.25) is 0 Å². The molecule has 2 fully saturated rings. The van der Waals surface area contributed by atoms with Gasteiger partial charge in [0.2, 0.25) is 0 Å². The Morgan fingerprint density at radius 2 is 2.12 bits per heavy atom. The van der Waals surface area contributed by atoms with Crippen LogP contribution in [-0.2, 0) is 11.3 Å². The van der Waals surface area contributed by atoms with Gasteiger partial charge in [-0.25, -0.2) is 4.98 Å². The van der Waals surface area contributed by atoms with Gasteiger partial charge < -0.3 is 14.6 Å². The van der Waals surface area contributed by atoms with Gasteiger partial charge in [0.15, 0.2) is 0 Å². The van der Waals surface area contributed by atoms with Crippen LogP contribution < -0.4 is 5.32 Å². The molecule has 1 aliphatic carbocycles. The number of hydrogen-bond donors (Lipinski definition) is 1. The van der Waals surface area contributed by atoms with E-state index in [9.17, 15) is 0 Å². The number of aromatic nitrogens is 2. The lowest BCUT2D eigenvalue weighted by Crippen LogP contribution is -2.34. The van der Waals surface area contributed by atoms with E-state index in [0.717, 1.165) is 38.6 Å². The molecule has 2 aliphatic rings. The number of ether oxygens (including phenoxy) is 1. The molecule has 2 heterocycles. The van der Waals surface area contributed by atoms with E-state index in [2.05, 4.69) is 14.9 Å². The van der Waals surface area contributed by atoms with Crippen molar-refractivity contribution < 1.29 is 4.74 Å². The monoisotopic (exact) mass is 221 g/mol. The summed E-state index contributed by atoms with van der Waals surface area (Å²) >= 11 is 0. The Morgan fingerprint density at radius 3 is 2.88 bits per heavy atom. The van der Waals surface area contributed by atoms with Crippen molar-refractivity contribution in [1.82, 2.24) is 14.9 Å². The van der Waals surface area contributed by atoms with Crippen molar-refractivity contribution in [1.29, 1.82) is 0 Å². The van der Waals surface area contributed by atoms with E-state index in [1.165, 1.54) is 18.5 Å². The molecule has 0 spiro atoms. The first kappa shape index (κ1) is 10.3. The summed E-state index contributed by atoms with van der Waals surface area (Å²) < 4.78 is 7.68. The summed E-state index contributed by atoms with van der Waals surface area (Å²) in [4.78, 5) is 4.25. The van der Waals surface area contributed by atoms with Crippen molar-refractivity contribution in [2.75, 3.05) is 13.2 Å². The van der Waals surface area contributed by atoms with Crippen molar-refractivity contribution in [3.63, 3.8) is 0 Å². The average molecular weight is 221 g/mol. The molecule has 4 nitrogen and oxygen atoms in total. The van der Waals surface area contributed by atoms with E-state index in [1.54, 1.807) is 0 Å². The maximum absolute atomic E-state index is 5.35. The Labute approximate surface area is 96.0 Å². The summed E-state index contributed by atoms with van der Waals surface area (Å²) in [6, 6.07) is 1.35. The van der Waals surface area contributed by atoms with Gasteiger partial charge in [-0.1, -0.05) is 0 Å². The van der Waals surface area contributed by atoms with Gasteiger partial charge in [-0.05, 0) is 25.7 Å². The van der Waals surface area contributed by atoms with E-state index in [-0.39, 0.29) is 0 Å². The Kier molecular flexibility index (Phi) is 2.93. The highest BCUT2D eigenvalue weighted by atomic mass is 16.5. The molecular weight excluding hydrogens is 202 g/mol. The zero-order valence-electron chi connectivity index (χ0n) is 9.56. The number of nitrogens with one attached hydrogen (secondary N) is 1. The first-order valence-corrected chi connectivity index (χ1v) is 6.25. The van der Waals surface area contributed by atoms with Crippen molar-refractivity contribution in [3.8, 4) is 0 Å². The molecule has 0 atom stereocenters. The molecule has 1 aromatic heterocycles. The lowest BCUT2D eigenvalue weighted by atomic mass is 10.1. The molecule has 3 rings (SSSR count). The van der Waals surface area contributed by atoms with Gasteiger partial charge in [0.1, 0.15) is 0 Å². The van der Waals surface area contributed by atoms with Gasteiger partial charge in [0.25, 0.3) is 0 Å². The minimum atomic E-state index is 0.622. The van der Waals surface area contributed by atoms with Crippen LogP contribution in [0.3, 0.4) is 0 Å². The quantitative estimate of drug-likeness (QED) is 0.837. The molecule has 0 unspecified atom stereocenters. The summed E-state index contributed by atoms with van der Waals surface area (Å²) in [5, 5.41) is 3.61. The fourth-order valence-electron chi connectivity index (χ4n) is 2.30. The van der Waals surface area contributed by atoms with Crippen LogP contribution in [0.1, 0.15) is 37.4 Å². The fourth-order valence-corrected chi connectivity index (χ4v) is 2.30. The smallest absolute Gasteiger partial charge is 0.0951 e. The molecular formula is C12H19N3O. The Bertz CT molecular complexity index is 340. The van der Waals surface area contributed by atoms with Crippen molar-refractivity contribution >= 4 is 0 Å². The minimum absolute atomic E-state index is 0.622. The summed E-state index contributed by atoms with van der Waals surface area (Å²) in [7, 11) is 0. The lowest BCUT2D eigenvalue weighted by Gasteiger charge is -2.23. The second-order valence-electron chi connectivity index (χ2n) is 4.79. The van der Waals surface area contributed by atoms with E-state index < -0.39 is 0 Å². The predicted molar refractivity (Wildman–Crippen MR) is 61.2 cm³/mol. The summed E-state index contributed by atoms with van der Waals surface area (Å²) in [6.45, 7) is 2.75. The third-order valence-corrected chi connectivity index (χ3v) is 3.48. The SMILES string of the molecule is c1ncn(C2CC2)c1CNC1CCOCC1. The molecule has 0 aromatic carbocycles. The largest absolute Gasteiger partial charge is 0.381 e. The van der Waals surface area contributed by atoms with Crippen LogP contribution in [0.4, 0.5) is 0 Å². The third kappa shape index (κ3) is 2.28. The molecule has 16 heavy (non-hydrogen) atoms. The Balaban J connectivity index is 1.54. The average Bonchev–Trinajstić information content (AvgIpc) is 3.07. The third-order valence-electron chi connectivity index (χ3n) is 3.48. The second kappa shape index (κ2) is 4.55. The van der Waals surface area contributed by atoms with E-state index in [0.29, 0.717) is 6.04 Å². The zero-order chi connectivity index (χ0) is 10.8. The van der Waals surface area contributed by atoms with Gasteiger partial charge in [-0.2, -0.15) is 0 Å². The molecule has 1 saturated heterocycles. The molecule has 1 saturated carbocycles. The number of nitrogens with zero attached hydrogens (tertiary/aromatic N) is 2. The molecule has 1 aliphatic heterocycles. The first-order chi connectivity index (χ1) is 7.93. The summed E-state index contributed by atoms with van der Waals surface area (Å²) in [5.74, 6) is 0. The molecule has 0 radical (unpaired) electrons. The number of hydrogen-bond acceptors (Lipinski definition) is 3. The van der Waals surface area contributed by atoms with Crippen LogP contribution in [0.5, 0.6) is 0 Å². The molecule has 1 N–H and O–H groups in total. The zero-order valence-corrected chi connectivity index (χ0v) is 9.56. The highest BCUT2D eigenvalue weighted by Gasteiger charge is 2.25. The van der Waals surface area contributed by atoms with Gasteiger partial charge in [-0.3, -0.25) is 0 Å². The normalized spacial score (nSPS) is 22.5. The summed E-state index contributed by atoms with van der Waals surface area (Å²) in [5.41, 5.74) is 1.33. The predicted octanol–water partition coefficient (Wildman–Crippen LogP) is 1.49. The number of imidazole rings is 1. The fraction of sp³-hybridized carbons (Fsp3) is 0.750. The Hall–Kier alpha value is -0.870. The second-order valence-corrected chi connectivity index (χ2v) is 4.79. The van der Waals surface area contributed by atoms with E-state index >= 15 is 0 Å². The summed E-state index contributed by atoms with van der Waals surface area (Å²) in [6.07, 6.45) is 8.87. The topological polar surface area (TPSA) is 39.1 Å². The molecule has 0 amide bonds. The van der Waals surface area contributed by atoms with E-state index in [1.807, 2.05) is 12.5 Å². The van der Waals surface area contributed by atoms with Crippen LogP contribution in [-0.4, -0.2) is 28.8 Å². The van der Waals surface area contributed by atoms with Crippen LogP contribution in [0.15, 0.2) is 12.5 Å². The molecule has 88 valence electrons. The van der Waals surface area contributed by atoms with Gasteiger partial charge in [-0.15, -0.1) is 0 Å². The maximum atomic E-state index is 5.35. The lowest BCUT2D eigenvalue weighted by molar-refractivity contribution is 0.0774. The van der Waals surface area contributed by atoms with Crippen LogP contribution in [0.25, 0.3) is 0 Å².